The molecule has 3 N–H and O–H groups in total. The van der Waals surface area contributed by atoms with E-state index < -0.39 is 0 Å². The van der Waals surface area contributed by atoms with E-state index in [2.05, 4.69) is 45.0 Å². The van der Waals surface area contributed by atoms with Crippen LogP contribution >= 0.6 is 15.9 Å². The highest BCUT2D eigenvalue weighted by Crippen LogP contribution is 2.37. The average molecular weight is 359 g/mol. The first-order valence-corrected chi connectivity index (χ1v) is 8.66. The molecule has 0 spiro atoms. The lowest BCUT2D eigenvalue weighted by molar-refractivity contribution is -0.0360. The van der Waals surface area contributed by atoms with Crippen LogP contribution in [0.25, 0.3) is 0 Å². The first-order valence-electron chi connectivity index (χ1n) is 7.87. The van der Waals surface area contributed by atoms with Gasteiger partial charge in [0.1, 0.15) is 0 Å². The quantitative estimate of drug-likeness (QED) is 0.580. The Kier molecular flexibility index (Phi) is 5.82. The molecule has 1 heterocycles. The lowest BCUT2D eigenvalue weighted by Gasteiger charge is -2.36. The van der Waals surface area contributed by atoms with Crippen molar-refractivity contribution < 1.29 is 4.74 Å². The Morgan fingerprint density at radius 2 is 2.10 bits per heavy atom. The van der Waals surface area contributed by atoms with E-state index in [-0.39, 0.29) is 11.6 Å². The van der Waals surface area contributed by atoms with Crippen molar-refractivity contribution in [3.8, 4) is 0 Å². The van der Waals surface area contributed by atoms with Crippen molar-refractivity contribution in [1.82, 2.24) is 15.2 Å². The van der Waals surface area contributed by atoms with Crippen LogP contribution < -0.4 is 11.3 Å². The molecule has 0 bridgehead atoms. The van der Waals surface area contributed by atoms with Crippen molar-refractivity contribution in [2.24, 2.45) is 5.84 Å². The summed E-state index contributed by atoms with van der Waals surface area (Å²) in [5.41, 5.74) is 5.17. The summed E-state index contributed by atoms with van der Waals surface area (Å²) in [4.78, 5) is 0. The van der Waals surface area contributed by atoms with Gasteiger partial charge in [0.2, 0.25) is 0 Å². The number of nitrogens with zero attached hydrogens (tertiary/aromatic N) is 2. The molecule has 1 aromatic rings. The van der Waals surface area contributed by atoms with Crippen LogP contribution in [0.1, 0.15) is 50.9 Å². The number of nitrogens with one attached hydrogen (secondary N) is 1. The van der Waals surface area contributed by atoms with Gasteiger partial charge in [-0.25, -0.2) is 0 Å². The van der Waals surface area contributed by atoms with Crippen LogP contribution in [0.15, 0.2) is 4.47 Å². The zero-order chi connectivity index (χ0) is 15.5. The fraction of sp³-hybridized carbons (Fsp3) is 0.800. The highest BCUT2D eigenvalue weighted by atomic mass is 79.9. The van der Waals surface area contributed by atoms with Gasteiger partial charge in [0.25, 0.3) is 0 Å². The third kappa shape index (κ3) is 3.18. The molecule has 0 saturated heterocycles. The van der Waals surface area contributed by atoms with Crippen molar-refractivity contribution in [2.75, 3.05) is 7.11 Å². The molecule has 6 heteroatoms. The molecule has 1 aromatic heterocycles. The number of hydrogen-bond donors (Lipinski definition) is 2. The highest BCUT2D eigenvalue weighted by molar-refractivity contribution is 9.10. The molecule has 5 nitrogen and oxygen atoms in total. The van der Waals surface area contributed by atoms with E-state index in [4.69, 9.17) is 10.6 Å². The molecule has 0 aliphatic heterocycles. The molecule has 0 radical (unpaired) electrons. The summed E-state index contributed by atoms with van der Waals surface area (Å²) >= 11 is 3.72. The van der Waals surface area contributed by atoms with E-state index in [9.17, 15) is 0 Å². The van der Waals surface area contributed by atoms with Gasteiger partial charge in [-0.2, -0.15) is 5.10 Å². The number of ether oxygens (including phenoxy) is 1. The average Bonchev–Trinajstić information content (AvgIpc) is 3.10. The molecule has 2 rings (SSSR count). The molecule has 120 valence electrons. The Bertz CT molecular complexity index is 468. The molecule has 1 unspecified atom stereocenters. The van der Waals surface area contributed by atoms with Crippen LogP contribution in [0.5, 0.6) is 0 Å². The molecule has 1 aliphatic rings. The Labute approximate surface area is 135 Å². The number of hydrogen-bond acceptors (Lipinski definition) is 4. The summed E-state index contributed by atoms with van der Waals surface area (Å²) in [6.45, 7) is 5.11. The van der Waals surface area contributed by atoms with Gasteiger partial charge in [-0.15, -0.1) is 0 Å². The van der Waals surface area contributed by atoms with Gasteiger partial charge in [0.15, 0.2) is 0 Å². The Morgan fingerprint density at radius 3 is 2.57 bits per heavy atom. The molecule has 1 fully saturated rings. The summed E-state index contributed by atoms with van der Waals surface area (Å²) in [5, 5.41) is 4.67. The maximum absolute atomic E-state index is 5.88. The molecule has 1 saturated carbocycles. The van der Waals surface area contributed by atoms with E-state index in [1.54, 1.807) is 7.11 Å². The van der Waals surface area contributed by atoms with Crippen molar-refractivity contribution in [3.63, 3.8) is 0 Å². The predicted octanol–water partition coefficient (Wildman–Crippen LogP) is 2.56. The van der Waals surface area contributed by atoms with E-state index in [1.165, 1.54) is 18.5 Å². The number of rotatable bonds is 7. The predicted molar refractivity (Wildman–Crippen MR) is 88.0 cm³/mol. The van der Waals surface area contributed by atoms with Crippen LogP contribution in [-0.4, -0.2) is 28.5 Å². The summed E-state index contributed by atoms with van der Waals surface area (Å²) < 4.78 is 9.08. The normalized spacial score (nSPS) is 19.1. The Balaban J connectivity index is 2.28. The van der Waals surface area contributed by atoms with Gasteiger partial charge in [-0.3, -0.25) is 16.0 Å². The van der Waals surface area contributed by atoms with Gasteiger partial charge in [0.05, 0.1) is 27.5 Å². The summed E-state index contributed by atoms with van der Waals surface area (Å²) in [7, 11) is 1.80. The minimum atomic E-state index is -0.149. The smallest absolute Gasteiger partial charge is 0.0848 e. The zero-order valence-corrected chi connectivity index (χ0v) is 14.9. The maximum Gasteiger partial charge on any atom is 0.0848 e. The van der Waals surface area contributed by atoms with E-state index in [1.807, 2.05) is 0 Å². The highest BCUT2D eigenvalue weighted by Gasteiger charge is 2.42. The molecule has 21 heavy (non-hydrogen) atoms. The second kappa shape index (κ2) is 7.22. The van der Waals surface area contributed by atoms with E-state index >= 15 is 0 Å². The van der Waals surface area contributed by atoms with Crippen molar-refractivity contribution in [3.05, 3.63) is 15.9 Å². The first kappa shape index (κ1) is 16.9. The molecular formula is C15H27BrN4O. The van der Waals surface area contributed by atoms with Gasteiger partial charge in [0, 0.05) is 20.1 Å². The van der Waals surface area contributed by atoms with E-state index in [0.29, 0.717) is 0 Å². The number of hydrazine groups is 1. The van der Waals surface area contributed by atoms with E-state index in [0.717, 1.165) is 42.4 Å². The third-order valence-electron chi connectivity index (χ3n) is 4.78. The molecule has 1 aliphatic carbocycles. The standard InChI is InChI=1S/C15H27BrN4O/c1-4-11-14(16)12(20(5-2)19-11)10-13(18-17)15(21-3)8-6-7-9-15/h13,18H,4-10,17H2,1-3H3. The van der Waals surface area contributed by atoms with Crippen LogP contribution in [0.4, 0.5) is 0 Å². The molecule has 0 aromatic carbocycles. The van der Waals surface area contributed by atoms with Crippen molar-refractivity contribution in [1.29, 1.82) is 0 Å². The second-order valence-corrected chi connectivity index (χ2v) is 6.57. The maximum atomic E-state index is 5.88. The lowest BCUT2D eigenvalue weighted by Crippen LogP contribution is -2.54. The number of methoxy groups -OCH3 is 1. The van der Waals surface area contributed by atoms with Crippen LogP contribution in [-0.2, 0) is 24.1 Å². The molecule has 0 amide bonds. The van der Waals surface area contributed by atoms with Gasteiger partial charge < -0.3 is 4.74 Å². The number of nitrogens with two attached hydrogens (primary N) is 1. The number of aromatic nitrogens is 2. The van der Waals surface area contributed by atoms with Crippen LogP contribution in [0, 0.1) is 0 Å². The summed E-state index contributed by atoms with van der Waals surface area (Å²) in [6.07, 6.45) is 6.30. The fourth-order valence-corrected chi connectivity index (χ4v) is 4.20. The van der Waals surface area contributed by atoms with Crippen LogP contribution in [0.2, 0.25) is 0 Å². The van der Waals surface area contributed by atoms with Crippen LogP contribution in [0.3, 0.4) is 0 Å². The SMILES string of the molecule is CCc1nn(CC)c(CC(NN)C2(OC)CCCC2)c1Br. The largest absolute Gasteiger partial charge is 0.377 e. The monoisotopic (exact) mass is 358 g/mol. The fourth-order valence-electron chi connectivity index (χ4n) is 3.47. The van der Waals surface area contributed by atoms with Gasteiger partial charge in [-0.05, 0) is 42.1 Å². The zero-order valence-electron chi connectivity index (χ0n) is 13.3. The Hall–Kier alpha value is -0.430. The lowest BCUT2D eigenvalue weighted by atomic mass is 9.89. The first-order chi connectivity index (χ1) is 10.1. The minimum absolute atomic E-state index is 0.105. The third-order valence-corrected chi connectivity index (χ3v) is 5.70. The Morgan fingerprint density at radius 1 is 1.43 bits per heavy atom. The second-order valence-electron chi connectivity index (χ2n) is 5.78. The van der Waals surface area contributed by atoms with Gasteiger partial charge >= 0.3 is 0 Å². The molecular weight excluding hydrogens is 332 g/mol. The molecule has 1 atom stereocenters. The number of aryl methyl sites for hydroxylation is 2. The summed E-state index contributed by atoms with van der Waals surface area (Å²) in [5.74, 6) is 5.87. The van der Waals surface area contributed by atoms with Crippen molar-refractivity contribution >= 4 is 15.9 Å². The minimum Gasteiger partial charge on any atom is -0.377 e. The number of halogens is 1. The van der Waals surface area contributed by atoms with Crippen molar-refractivity contribution in [2.45, 2.75) is 70.6 Å². The summed E-state index contributed by atoms with van der Waals surface area (Å²) in [6, 6.07) is 0.105. The van der Waals surface area contributed by atoms with Gasteiger partial charge in [-0.1, -0.05) is 19.8 Å². The topological polar surface area (TPSA) is 65.1 Å².